The maximum Gasteiger partial charge on any atom is 0.403 e. The second kappa shape index (κ2) is 7.47. The third-order valence-electron chi connectivity index (χ3n) is 4.33. The Bertz CT molecular complexity index is 696. The second-order valence-corrected chi connectivity index (χ2v) is 7.50. The van der Waals surface area contributed by atoms with Gasteiger partial charge in [0.25, 0.3) is 0 Å². The summed E-state index contributed by atoms with van der Waals surface area (Å²) in [5, 5.41) is 10.7. The van der Waals surface area contributed by atoms with Crippen molar-refractivity contribution in [2.75, 3.05) is 31.1 Å². The summed E-state index contributed by atoms with van der Waals surface area (Å²) >= 11 is 7.36. The maximum absolute atomic E-state index is 12.8. The number of rotatable bonds is 4. The van der Waals surface area contributed by atoms with Crippen molar-refractivity contribution in [3.63, 3.8) is 0 Å². The van der Waals surface area contributed by atoms with E-state index in [1.165, 1.54) is 23.2 Å². The van der Waals surface area contributed by atoms with Crippen molar-refractivity contribution >= 4 is 28.1 Å². The van der Waals surface area contributed by atoms with Gasteiger partial charge in [0, 0.05) is 37.6 Å². The highest BCUT2D eigenvalue weighted by molar-refractivity contribution is 7.15. The molecule has 2 aromatic rings. The molecule has 0 radical (unpaired) electrons. The average Bonchev–Trinajstić information content (AvgIpc) is 3.04. The molecule has 1 fully saturated rings. The van der Waals surface area contributed by atoms with Crippen LogP contribution in [0.3, 0.4) is 0 Å². The van der Waals surface area contributed by atoms with Gasteiger partial charge in [0.2, 0.25) is 5.13 Å². The molecule has 0 spiro atoms. The van der Waals surface area contributed by atoms with Crippen molar-refractivity contribution in [2.45, 2.75) is 25.6 Å². The van der Waals surface area contributed by atoms with Crippen LogP contribution in [0.4, 0.5) is 18.3 Å². The molecule has 136 valence electrons. The van der Waals surface area contributed by atoms with Crippen LogP contribution in [0.1, 0.15) is 17.5 Å². The van der Waals surface area contributed by atoms with Crippen molar-refractivity contribution in [1.29, 1.82) is 0 Å². The standard InChI is InChI=1S/C16H18ClF3N4S/c1-11(16(18,19)20)23-6-8-24(9-7-23)15-22-21-14(25-15)10-12-2-4-13(17)5-3-12/h2-5,11H,6-10H2,1H3. The lowest BCUT2D eigenvalue weighted by Crippen LogP contribution is -2.53. The summed E-state index contributed by atoms with van der Waals surface area (Å²) in [6, 6.07) is 6.14. The van der Waals surface area contributed by atoms with E-state index in [1.54, 1.807) is 0 Å². The minimum absolute atomic E-state index is 0.368. The summed E-state index contributed by atoms with van der Waals surface area (Å²) in [5.74, 6) is 0. The molecule has 0 bridgehead atoms. The molecule has 1 aromatic carbocycles. The minimum Gasteiger partial charge on any atom is -0.344 e. The lowest BCUT2D eigenvalue weighted by atomic mass is 10.2. The van der Waals surface area contributed by atoms with Crippen LogP contribution in [0, 0.1) is 0 Å². The van der Waals surface area contributed by atoms with Gasteiger partial charge in [0.05, 0.1) is 0 Å². The van der Waals surface area contributed by atoms with Crippen LogP contribution >= 0.6 is 22.9 Å². The van der Waals surface area contributed by atoms with Crippen molar-refractivity contribution in [3.05, 3.63) is 39.9 Å². The highest BCUT2D eigenvalue weighted by Gasteiger charge is 2.41. The molecule has 1 aliphatic rings. The fourth-order valence-corrected chi connectivity index (χ4v) is 3.78. The first-order valence-electron chi connectivity index (χ1n) is 7.95. The predicted molar refractivity (Wildman–Crippen MR) is 93.5 cm³/mol. The minimum atomic E-state index is -4.18. The lowest BCUT2D eigenvalue weighted by molar-refractivity contribution is -0.179. The molecule has 0 aliphatic carbocycles. The summed E-state index contributed by atoms with van der Waals surface area (Å²) in [5.41, 5.74) is 1.09. The van der Waals surface area contributed by atoms with Crippen LogP contribution in [0.15, 0.2) is 24.3 Å². The molecular weight excluding hydrogens is 373 g/mol. The van der Waals surface area contributed by atoms with Crippen LogP contribution in [-0.4, -0.2) is 53.5 Å². The van der Waals surface area contributed by atoms with Crippen molar-refractivity contribution < 1.29 is 13.2 Å². The van der Waals surface area contributed by atoms with E-state index in [2.05, 4.69) is 10.2 Å². The second-order valence-electron chi connectivity index (χ2n) is 6.02. The molecule has 0 amide bonds. The van der Waals surface area contributed by atoms with Gasteiger partial charge in [-0.2, -0.15) is 13.2 Å². The number of alkyl halides is 3. The van der Waals surface area contributed by atoms with Crippen molar-refractivity contribution in [3.8, 4) is 0 Å². The van der Waals surface area contributed by atoms with Gasteiger partial charge in [-0.15, -0.1) is 10.2 Å². The fourth-order valence-electron chi connectivity index (χ4n) is 2.73. The Labute approximate surface area is 153 Å². The quantitative estimate of drug-likeness (QED) is 0.793. The Balaban J connectivity index is 1.57. The molecule has 3 rings (SSSR count). The molecule has 1 aliphatic heterocycles. The van der Waals surface area contributed by atoms with Crippen molar-refractivity contribution in [1.82, 2.24) is 15.1 Å². The molecule has 2 heterocycles. The van der Waals surface area contributed by atoms with Gasteiger partial charge in [0.15, 0.2) is 0 Å². The molecule has 1 atom stereocenters. The van der Waals surface area contributed by atoms with Gasteiger partial charge in [-0.3, -0.25) is 4.90 Å². The Morgan fingerprint density at radius 3 is 2.36 bits per heavy atom. The Morgan fingerprint density at radius 1 is 1.12 bits per heavy atom. The molecule has 1 saturated heterocycles. The molecule has 25 heavy (non-hydrogen) atoms. The highest BCUT2D eigenvalue weighted by Crippen LogP contribution is 2.28. The van der Waals surface area contributed by atoms with Gasteiger partial charge >= 0.3 is 6.18 Å². The predicted octanol–water partition coefficient (Wildman–Crippen LogP) is 3.86. The number of nitrogens with zero attached hydrogens (tertiary/aromatic N) is 4. The summed E-state index contributed by atoms with van der Waals surface area (Å²) in [6.45, 7) is 3.00. The zero-order chi connectivity index (χ0) is 18.0. The zero-order valence-electron chi connectivity index (χ0n) is 13.6. The Kier molecular flexibility index (Phi) is 5.50. The SMILES string of the molecule is CC(N1CCN(c2nnc(Cc3ccc(Cl)cc3)s2)CC1)C(F)(F)F. The van der Waals surface area contributed by atoms with E-state index in [9.17, 15) is 13.2 Å². The van der Waals surface area contributed by atoms with Gasteiger partial charge < -0.3 is 4.90 Å². The van der Waals surface area contributed by atoms with E-state index >= 15 is 0 Å². The molecule has 0 saturated carbocycles. The molecule has 4 nitrogen and oxygen atoms in total. The van der Waals surface area contributed by atoms with E-state index in [0.29, 0.717) is 37.6 Å². The molecule has 9 heteroatoms. The normalized spacial score (nSPS) is 17.7. The monoisotopic (exact) mass is 390 g/mol. The number of aromatic nitrogens is 2. The summed E-state index contributed by atoms with van der Waals surface area (Å²) in [7, 11) is 0. The molecule has 1 aromatic heterocycles. The first kappa shape index (κ1) is 18.4. The third kappa shape index (κ3) is 4.62. The average molecular weight is 391 g/mol. The van der Waals surface area contributed by atoms with Gasteiger partial charge in [-0.1, -0.05) is 35.1 Å². The Morgan fingerprint density at radius 2 is 1.76 bits per heavy atom. The summed E-state index contributed by atoms with van der Waals surface area (Å²) < 4.78 is 38.4. The van der Waals surface area contributed by atoms with E-state index < -0.39 is 12.2 Å². The topological polar surface area (TPSA) is 32.3 Å². The van der Waals surface area contributed by atoms with Crippen LogP contribution in [-0.2, 0) is 6.42 Å². The zero-order valence-corrected chi connectivity index (χ0v) is 15.2. The number of hydrogen-bond acceptors (Lipinski definition) is 5. The first-order valence-corrected chi connectivity index (χ1v) is 9.15. The lowest BCUT2D eigenvalue weighted by Gasteiger charge is -2.38. The first-order chi connectivity index (χ1) is 11.8. The molecule has 0 N–H and O–H groups in total. The van der Waals surface area contributed by atoms with Crippen LogP contribution in [0.5, 0.6) is 0 Å². The maximum atomic E-state index is 12.8. The van der Waals surface area contributed by atoms with E-state index in [-0.39, 0.29) is 0 Å². The fraction of sp³-hybridized carbons (Fsp3) is 0.500. The molecular formula is C16H18ClF3N4S. The smallest absolute Gasteiger partial charge is 0.344 e. The Hall–Kier alpha value is -1.38. The third-order valence-corrected chi connectivity index (χ3v) is 5.57. The van der Waals surface area contributed by atoms with Crippen LogP contribution in [0.2, 0.25) is 5.02 Å². The summed E-state index contributed by atoms with van der Waals surface area (Å²) in [6.07, 6.45) is -3.52. The van der Waals surface area contributed by atoms with Crippen LogP contribution in [0.25, 0.3) is 0 Å². The summed E-state index contributed by atoms with van der Waals surface area (Å²) in [4.78, 5) is 3.47. The van der Waals surface area contributed by atoms with Crippen molar-refractivity contribution in [2.24, 2.45) is 0 Å². The van der Waals surface area contributed by atoms with Gasteiger partial charge in [0.1, 0.15) is 11.0 Å². The molecule has 1 unspecified atom stereocenters. The number of hydrogen-bond donors (Lipinski definition) is 0. The van der Waals surface area contributed by atoms with Gasteiger partial charge in [-0.05, 0) is 24.6 Å². The largest absolute Gasteiger partial charge is 0.403 e. The van der Waals surface area contributed by atoms with E-state index in [0.717, 1.165) is 15.7 Å². The number of anilines is 1. The van der Waals surface area contributed by atoms with E-state index in [4.69, 9.17) is 11.6 Å². The number of halogens is 4. The highest BCUT2D eigenvalue weighted by atomic mass is 35.5. The van der Waals surface area contributed by atoms with Gasteiger partial charge in [-0.25, -0.2) is 0 Å². The number of benzene rings is 1. The van der Waals surface area contributed by atoms with Crippen LogP contribution < -0.4 is 4.90 Å². The number of piperazine rings is 1. The van der Waals surface area contributed by atoms with E-state index in [1.807, 2.05) is 29.2 Å².